The summed E-state index contributed by atoms with van der Waals surface area (Å²) in [6, 6.07) is 0. The molecule has 0 radical (unpaired) electrons. The Bertz CT molecular complexity index is 275. The lowest BCUT2D eigenvalue weighted by molar-refractivity contribution is -0.146. The average Bonchev–Trinajstić information content (AvgIpc) is 2.46. The number of carbonyl (C=O) groups excluding carboxylic acids is 1. The summed E-state index contributed by atoms with van der Waals surface area (Å²) in [6.45, 7) is 9.75. The number of carbonyl (C=O) groups is 1. The van der Waals surface area contributed by atoms with E-state index < -0.39 is 5.60 Å². The zero-order valence-electron chi connectivity index (χ0n) is 13.4. The van der Waals surface area contributed by atoms with E-state index in [-0.39, 0.29) is 30.7 Å². The fourth-order valence-electron chi connectivity index (χ4n) is 2.59. The first-order valence-corrected chi connectivity index (χ1v) is 7.45. The van der Waals surface area contributed by atoms with Crippen LogP contribution in [0.3, 0.4) is 0 Å². The van der Waals surface area contributed by atoms with Gasteiger partial charge in [-0.05, 0) is 45.4 Å². The second-order valence-corrected chi connectivity index (χ2v) is 5.14. The zero-order valence-corrected chi connectivity index (χ0v) is 15.1. The van der Waals surface area contributed by atoms with Crippen LogP contribution >= 0.6 is 24.8 Å². The van der Waals surface area contributed by atoms with Crippen molar-refractivity contribution in [3.05, 3.63) is 0 Å². The SMILES string of the molecule is CCCN(CC)CCNC(=O)C1(OC)CCNCC1.Cl.Cl. The van der Waals surface area contributed by atoms with Crippen LogP contribution in [0.4, 0.5) is 0 Å². The van der Waals surface area contributed by atoms with Gasteiger partial charge in [-0.1, -0.05) is 13.8 Å². The van der Waals surface area contributed by atoms with Crippen LogP contribution in [-0.2, 0) is 9.53 Å². The second-order valence-electron chi connectivity index (χ2n) is 5.14. The van der Waals surface area contributed by atoms with E-state index in [2.05, 4.69) is 29.4 Å². The lowest BCUT2D eigenvalue weighted by atomic mass is 9.91. The molecule has 1 aliphatic heterocycles. The van der Waals surface area contributed by atoms with Crippen LogP contribution in [-0.4, -0.2) is 62.8 Å². The van der Waals surface area contributed by atoms with E-state index in [1.807, 2.05) is 0 Å². The second kappa shape index (κ2) is 12.5. The average molecular weight is 344 g/mol. The molecule has 1 fully saturated rings. The molecule has 1 heterocycles. The lowest BCUT2D eigenvalue weighted by Crippen LogP contribution is -2.55. The number of halogens is 2. The zero-order chi connectivity index (χ0) is 14.1. The van der Waals surface area contributed by atoms with Crippen LogP contribution in [0.25, 0.3) is 0 Å². The highest BCUT2D eigenvalue weighted by atomic mass is 35.5. The molecular formula is C14H31Cl2N3O2. The number of piperidine rings is 1. The van der Waals surface area contributed by atoms with Gasteiger partial charge in [0.2, 0.25) is 0 Å². The molecule has 5 nitrogen and oxygen atoms in total. The number of hydrogen-bond acceptors (Lipinski definition) is 4. The topological polar surface area (TPSA) is 53.6 Å². The molecule has 1 rings (SSSR count). The van der Waals surface area contributed by atoms with Gasteiger partial charge in [0.15, 0.2) is 0 Å². The highest BCUT2D eigenvalue weighted by molar-refractivity contribution is 5.86. The molecule has 0 bridgehead atoms. The van der Waals surface area contributed by atoms with Gasteiger partial charge >= 0.3 is 0 Å². The van der Waals surface area contributed by atoms with Gasteiger partial charge in [0.05, 0.1) is 0 Å². The molecule has 1 amide bonds. The summed E-state index contributed by atoms with van der Waals surface area (Å²) in [6.07, 6.45) is 2.65. The van der Waals surface area contributed by atoms with Gasteiger partial charge in [-0.3, -0.25) is 4.79 Å². The third-order valence-electron chi connectivity index (χ3n) is 3.92. The fraction of sp³-hybridized carbons (Fsp3) is 0.929. The minimum atomic E-state index is -0.618. The van der Waals surface area contributed by atoms with Gasteiger partial charge < -0.3 is 20.3 Å². The lowest BCUT2D eigenvalue weighted by Gasteiger charge is -2.35. The summed E-state index contributed by atoms with van der Waals surface area (Å²) in [5, 5.41) is 6.29. The van der Waals surface area contributed by atoms with Gasteiger partial charge in [0.25, 0.3) is 5.91 Å². The molecule has 21 heavy (non-hydrogen) atoms. The fourth-order valence-corrected chi connectivity index (χ4v) is 2.59. The van der Waals surface area contributed by atoms with Crippen LogP contribution in [0.5, 0.6) is 0 Å². The first kappa shape index (κ1) is 23.2. The smallest absolute Gasteiger partial charge is 0.252 e. The summed E-state index contributed by atoms with van der Waals surface area (Å²) in [7, 11) is 1.64. The summed E-state index contributed by atoms with van der Waals surface area (Å²) < 4.78 is 5.51. The number of nitrogens with zero attached hydrogens (tertiary/aromatic N) is 1. The molecule has 2 N–H and O–H groups in total. The van der Waals surface area contributed by atoms with Crippen molar-refractivity contribution < 1.29 is 9.53 Å². The van der Waals surface area contributed by atoms with E-state index in [9.17, 15) is 4.79 Å². The highest BCUT2D eigenvalue weighted by Crippen LogP contribution is 2.22. The highest BCUT2D eigenvalue weighted by Gasteiger charge is 2.39. The van der Waals surface area contributed by atoms with Gasteiger partial charge in [-0.25, -0.2) is 0 Å². The molecule has 0 aromatic carbocycles. The number of rotatable bonds is 8. The van der Waals surface area contributed by atoms with Gasteiger partial charge in [-0.15, -0.1) is 24.8 Å². The maximum atomic E-state index is 12.3. The van der Waals surface area contributed by atoms with Crippen molar-refractivity contribution in [1.29, 1.82) is 0 Å². The van der Waals surface area contributed by atoms with Crippen LogP contribution in [0.15, 0.2) is 0 Å². The van der Waals surface area contributed by atoms with Crippen molar-refractivity contribution >= 4 is 30.7 Å². The Kier molecular flexibility index (Phi) is 13.8. The number of likely N-dealkylation sites (N-methyl/N-ethyl adjacent to an activating group) is 1. The molecule has 1 aliphatic rings. The molecule has 1 saturated heterocycles. The third kappa shape index (κ3) is 7.15. The van der Waals surface area contributed by atoms with Crippen molar-refractivity contribution in [3.63, 3.8) is 0 Å². The summed E-state index contributed by atoms with van der Waals surface area (Å²) in [5.74, 6) is 0.0454. The van der Waals surface area contributed by atoms with E-state index in [0.29, 0.717) is 6.54 Å². The Balaban J connectivity index is 0. The Labute approximate surface area is 141 Å². The van der Waals surface area contributed by atoms with Crippen molar-refractivity contribution in [2.45, 2.75) is 38.7 Å². The number of ether oxygens (including phenoxy) is 1. The van der Waals surface area contributed by atoms with E-state index in [1.165, 1.54) is 0 Å². The van der Waals surface area contributed by atoms with Crippen molar-refractivity contribution in [2.24, 2.45) is 0 Å². The maximum Gasteiger partial charge on any atom is 0.252 e. The summed E-state index contributed by atoms with van der Waals surface area (Å²) in [4.78, 5) is 14.6. The summed E-state index contributed by atoms with van der Waals surface area (Å²) in [5.41, 5.74) is -0.618. The molecule has 0 spiro atoms. The Hall–Kier alpha value is -0.0700. The Morgan fingerprint density at radius 1 is 1.24 bits per heavy atom. The third-order valence-corrected chi connectivity index (χ3v) is 3.92. The van der Waals surface area contributed by atoms with E-state index in [0.717, 1.165) is 52.0 Å². The largest absolute Gasteiger partial charge is 0.368 e. The first-order valence-electron chi connectivity index (χ1n) is 7.45. The van der Waals surface area contributed by atoms with Crippen LogP contribution in [0.2, 0.25) is 0 Å². The molecule has 0 aliphatic carbocycles. The molecular weight excluding hydrogens is 313 g/mol. The predicted octanol–water partition coefficient (Wildman–Crippen LogP) is 1.45. The van der Waals surface area contributed by atoms with E-state index >= 15 is 0 Å². The monoisotopic (exact) mass is 343 g/mol. The molecule has 0 saturated carbocycles. The van der Waals surface area contributed by atoms with Crippen molar-refractivity contribution in [1.82, 2.24) is 15.5 Å². The van der Waals surface area contributed by atoms with E-state index in [4.69, 9.17) is 4.74 Å². The minimum Gasteiger partial charge on any atom is -0.368 e. The predicted molar refractivity (Wildman–Crippen MR) is 91.8 cm³/mol. The minimum absolute atomic E-state index is 0. The Morgan fingerprint density at radius 3 is 2.33 bits per heavy atom. The number of amides is 1. The number of methoxy groups -OCH3 is 1. The Morgan fingerprint density at radius 2 is 1.86 bits per heavy atom. The van der Waals surface area contributed by atoms with Crippen molar-refractivity contribution in [2.75, 3.05) is 46.4 Å². The molecule has 0 aromatic rings. The van der Waals surface area contributed by atoms with E-state index in [1.54, 1.807) is 7.11 Å². The van der Waals surface area contributed by atoms with Crippen LogP contribution in [0, 0.1) is 0 Å². The molecule has 0 atom stereocenters. The molecule has 128 valence electrons. The number of nitrogens with one attached hydrogen (secondary N) is 2. The number of hydrogen-bond donors (Lipinski definition) is 2. The van der Waals surface area contributed by atoms with Crippen molar-refractivity contribution in [3.8, 4) is 0 Å². The molecule has 0 aromatic heterocycles. The van der Waals surface area contributed by atoms with Gasteiger partial charge in [0, 0.05) is 20.2 Å². The van der Waals surface area contributed by atoms with Gasteiger partial charge in [0.1, 0.15) is 5.60 Å². The summed E-state index contributed by atoms with van der Waals surface area (Å²) >= 11 is 0. The first-order chi connectivity index (χ1) is 9.18. The van der Waals surface area contributed by atoms with Crippen LogP contribution in [0.1, 0.15) is 33.1 Å². The quantitative estimate of drug-likeness (QED) is 0.700. The standard InChI is InChI=1S/C14H29N3O2.2ClH/c1-4-11-17(5-2)12-10-16-13(18)14(19-3)6-8-15-9-7-14;;/h15H,4-12H2,1-3H3,(H,16,18);2*1H. The van der Waals surface area contributed by atoms with Crippen LogP contribution < -0.4 is 10.6 Å². The molecule has 0 unspecified atom stereocenters. The maximum absolute atomic E-state index is 12.3. The normalized spacial score (nSPS) is 16.8. The molecule has 7 heteroatoms. The van der Waals surface area contributed by atoms with Gasteiger partial charge in [-0.2, -0.15) is 0 Å².